The van der Waals surface area contributed by atoms with E-state index in [0.29, 0.717) is 35.6 Å². The number of nitrogens with one attached hydrogen (secondary N) is 2. The van der Waals surface area contributed by atoms with Gasteiger partial charge in [-0.1, -0.05) is 31.0 Å². The third-order valence-electron chi connectivity index (χ3n) is 8.84. The Balaban J connectivity index is 1.08. The monoisotopic (exact) mass is 605 g/mol. The average molecular weight is 606 g/mol. The molecule has 3 aliphatic rings. The van der Waals surface area contributed by atoms with Crippen LogP contribution in [0.15, 0.2) is 72.9 Å². The first kappa shape index (κ1) is 28.3. The zero-order chi connectivity index (χ0) is 30.0. The highest BCUT2D eigenvalue weighted by Gasteiger charge is 2.28. The van der Waals surface area contributed by atoms with Gasteiger partial charge in [0.05, 0.1) is 16.1 Å². The van der Waals surface area contributed by atoms with Crippen LogP contribution in [0.5, 0.6) is 0 Å². The van der Waals surface area contributed by atoms with Crippen molar-refractivity contribution < 1.29 is 14.4 Å². The highest BCUT2D eigenvalue weighted by Crippen LogP contribution is 2.42. The van der Waals surface area contributed by atoms with E-state index < -0.39 is 0 Å². The van der Waals surface area contributed by atoms with E-state index in [9.17, 15) is 14.4 Å². The summed E-state index contributed by atoms with van der Waals surface area (Å²) in [5, 5.41) is 6.19. The molecular formula is C35H35N5O3S. The van der Waals surface area contributed by atoms with Gasteiger partial charge in [0.2, 0.25) is 0 Å². The van der Waals surface area contributed by atoms with Crippen molar-refractivity contribution in [1.82, 2.24) is 10.3 Å². The summed E-state index contributed by atoms with van der Waals surface area (Å²) in [5.41, 5.74) is 4.60. The number of thiophene rings is 1. The van der Waals surface area contributed by atoms with Crippen molar-refractivity contribution in [2.45, 2.75) is 51.0 Å². The van der Waals surface area contributed by atoms with Crippen LogP contribution >= 0.6 is 11.3 Å². The summed E-state index contributed by atoms with van der Waals surface area (Å²) in [6, 6.07) is 20.8. The summed E-state index contributed by atoms with van der Waals surface area (Å²) in [6.07, 6.45) is 9.02. The number of nitrogens with zero attached hydrogens (tertiary/aromatic N) is 3. The topological polar surface area (TPSA) is 94.6 Å². The number of hydrogen-bond acceptors (Lipinski definition) is 6. The molecule has 2 aromatic heterocycles. The predicted molar refractivity (Wildman–Crippen MR) is 175 cm³/mol. The van der Waals surface area contributed by atoms with Crippen LogP contribution < -0.4 is 20.4 Å². The van der Waals surface area contributed by atoms with Gasteiger partial charge in [-0.3, -0.25) is 14.4 Å². The molecule has 3 amide bonds. The first-order chi connectivity index (χ1) is 21.5. The Morgan fingerprint density at radius 3 is 2.41 bits per heavy atom. The fourth-order valence-corrected chi connectivity index (χ4v) is 7.70. The molecular weight excluding hydrogens is 570 g/mol. The molecule has 4 heterocycles. The maximum atomic E-state index is 13.9. The molecule has 1 aliphatic carbocycles. The molecule has 4 aromatic rings. The Kier molecular flexibility index (Phi) is 7.87. The maximum absolute atomic E-state index is 13.9. The number of rotatable bonds is 6. The Bertz CT molecular complexity index is 1700. The number of carbonyl (C=O) groups is 3. The normalized spacial score (nSPS) is 16.3. The lowest BCUT2D eigenvalue weighted by Gasteiger charge is -2.23. The summed E-state index contributed by atoms with van der Waals surface area (Å²) in [5.74, 6) is 0.392. The van der Waals surface area contributed by atoms with Crippen LogP contribution in [0.1, 0.15) is 74.5 Å². The fourth-order valence-electron chi connectivity index (χ4n) is 6.55. The zero-order valence-corrected chi connectivity index (χ0v) is 25.4. The van der Waals surface area contributed by atoms with E-state index in [2.05, 4.69) is 20.5 Å². The third kappa shape index (κ3) is 5.59. The van der Waals surface area contributed by atoms with E-state index in [4.69, 9.17) is 0 Å². The maximum Gasteiger partial charge on any atom is 0.261 e. The van der Waals surface area contributed by atoms with Gasteiger partial charge in [-0.05, 0) is 86.2 Å². The highest BCUT2D eigenvalue weighted by atomic mass is 32.1. The van der Waals surface area contributed by atoms with Gasteiger partial charge in [-0.2, -0.15) is 0 Å². The summed E-state index contributed by atoms with van der Waals surface area (Å²) in [6.45, 7) is 2.30. The summed E-state index contributed by atoms with van der Waals surface area (Å²) >= 11 is 1.51. The Hall–Kier alpha value is -4.50. The molecule has 2 aliphatic heterocycles. The molecule has 2 fully saturated rings. The van der Waals surface area contributed by atoms with Crippen molar-refractivity contribution in [1.29, 1.82) is 0 Å². The molecule has 44 heavy (non-hydrogen) atoms. The second-order valence-electron chi connectivity index (χ2n) is 11.7. The van der Waals surface area contributed by atoms with Crippen LogP contribution in [-0.4, -0.2) is 48.4 Å². The van der Waals surface area contributed by atoms with Gasteiger partial charge in [0, 0.05) is 53.6 Å². The van der Waals surface area contributed by atoms with Crippen LogP contribution in [0.4, 0.5) is 17.2 Å². The van der Waals surface area contributed by atoms with Crippen molar-refractivity contribution in [2.24, 2.45) is 0 Å². The molecule has 2 N–H and O–H groups in total. The molecule has 2 aromatic carbocycles. The van der Waals surface area contributed by atoms with Gasteiger partial charge in [0.1, 0.15) is 5.82 Å². The molecule has 224 valence electrons. The van der Waals surface area contributed by atoms with Gasteiger partial charge in [-0.15, -0.1) is 11.3 Å². The van der Waals surface area contributed by atoms with Crippen molar-refractivity contribution in [2.75, 3.05) is 34.8 Å². The van der Waals surface area contributed by atoms with Crippen LogP contribution in [0.3, 0.4) is 0 Å². The van der Waals surface area contributed by atoms with Crippen LogP contribution in [0, 0.1) is 0 Å². The van der Waals surface area contributed by atoms with Crippen LogP contribution in [-0.2, 0) is 6.42 Å². The molecule has 9 heteroatoms. The molecule has 8 nitrogen and oxygen atoms in total. The number of aromatic nitrogens is 1. The summed E-state index contributed by atoms with van der Waals surface area (Å²) < 4.78 is 0. The Morgan fingerprint density at radius 2 is 1.61 bits per heavy atom. The van der Waals surface area contributed by atoms with Crippen molar-refractivity contribution in [3.63, 3.8) is 0 Å². The number of para-hydroxylation sites is 1. The van der Waals surface area contributed by atoms with Gasteiger partial charge < -0.3 is 20.4 Å². The molecule has 7 rings (SSSR count). The van der Waals surface area contributed by atoms with Gasteiger partial charge in [-0.25, -0.2) is 4.98 Å². The quantitative estimate of drug-likeness (QED) is 0.260. The van der Waals surface area contributed by atoms with Crippen molar-refractivity contribution in [3.8, 4) is 10.4 Å². The molecule has 1 saturated heterocycles. The van der Waals surface area contributed by atoms with E-state index in [1.54, 1.807) is 42.6 Å². The van der Waals surface area contributed by atoms with E-state index in [1.165, 1.54) is 24.2 Å². The number of anilines is 3. The smallest absolute Gasteiger partial charge is 0.261 e. The first-order valence-electron chi connectivity index (χ1n) is 15.5. The third-order valence-corrected chi connectivity index (χ3v) is 10.0. The molecule has 0 atom stereocenters. The number of benzene rings is 2. The predicted octanol–water partition coefficient (Wildman–Crippen LogP) is 6.54. The molecule has 0 unspecified atom stereocenters. The minimum Gasteiger partial charge on any atom is -0.356 e. The molecule has 0 radical (unpaired) electrons. The van der Waals surface area contributed by atoms with Gasteiger partial charge in [0.25, 0.3) is 17.7 Å². The van der Waals surface area contributed by atoms with Crippen LogP contribution in [0.25, 0.3) is 10.4 Å². The summed E-state index contributed by atoms with van der Waals surface area (Å²) in [7, 11) is 0. The SMILES string of the molecule is O=C(NC1CCCC1)c1cc2c(s1)-c1ccccc1N(C(=O)c1ccc(NC(=O)c3cccnc3N3CCCC3)cc1)CC2. The van der Waals surface area contributed by atoms with Gasteiger partial charge in [0.15, 0.2) is 0 Å². The minimum absolute atomic E-state index is 0.00311. The number of pyridine rings is 1. The molecule has 0 bridgehead atoms. The lowest BCUT2D eigenvalue weighted by molar-refractivity contribution is 0.0939. The minimum atomic E-state index is -0.219. The number of amides is 3. The van der Waals surface area contributed by atoms with E-state index in [1.807, 2.05) is 35.2 Å². The number of carbonyl (C=O) groups excluding carboxylic acids is 3. The standard InChI is InChI=1S/C35H35N5O3S/c41-33(28-11-7-18-36-32(28)39-19-5-6-20-39)37-26-15-13-23(14-16-26)35(43)40-21-17-24-22-30(34(42)38-25-8-1-2-9-25)44-31(24)27-10-3-4-12-29(27)40/h3-4,7,10-16,18,22,25H,1-2,5-6,8-9,17,19-21H2,(H,37,41)(H,38,42). The second kappa shape index (κ2) is 12.2. The second-order valence-corrected chi connectivity index (χ2v) is 12.8. The average Bonchev–Trinajstić information content (AvgIpc) is 3.84. The fraction of sp³-hybridized carbons (Fsp3) is 0.314. The Labute approximate surface area is 261 Å². The largest absolute Gasteiger partial charge is 0.356 e. The van der Waals surface area contributed by atoms with Crippen molar-refractivity contribution >= 4 is 46.3 Å². The Morgan fingerprint density at radius 1 is 0.841 bits per heavy atom. The lowest BCUT2D eigenvalue weighted by atomic mass is 10.1. The van der Waals surface area contributed by atoms with E-state index in [0.717, 1.165) is 65.3 Å². The zero-order valence-electron chi connectivity index (χ0n) is 24.6. The summed E-state index contributed by atoms with van der Waals surface area (Å²) in [4.78, 5) is 50.3. The van der Waals surface area contributed by atoms with Crippen LogP contribution in [0.2, 0.25) is 0 Å². The number of fused-ring (bicyclic) bond motifs is 3. The highest BCUT2D eigenvalue weighted by molar-refractivity contribution is 7.17. The number of hydrogen-bond donors (Lipinski definition) is 2. The molecule has 0 spiro atoms. The van der Waals surface area contributed by atoms with Crippen molar-refractivity contribution in [3.05, 3.63) is 94.5 Å². The van der Waals surface area contributed by atoms with E-state index in [-0.39, 0.29) is 23.8 Å². The first-order valence-corrected chi connectivity index (χ1v) is 16.3. The van der Waals surface area contributed by atoms with E-state index >= 15 is 0 Å². The van der Waals surface area contributed by atoms with Gasteiger partial charge >= 0.3 is 0 Å². The lowest BCUT2D eigenvalue weighted by Crippen LogP contribution is -2.32. The molecule has 1 saturated carbocycles.